The molecule has 0 saturated carbocycles. The van der Waals surface area contributed by atoms with Crippen LogP contribution in [0.25, 0.3) is 0 Å². The molecule has 2 aromatic rings. The maximum Gasteiger partial charge on any atom is 0.419 e. The zero-order chi connectivity index (χ0) is 13.2. The van der Waals surface area contributed by atoms with Crippen molar-refractivity contribution in [1.82, 2.24) is 4.98 Å². The van der Waals surface area contributed by atoms with Crippen LogP contribution in [0.4, 0.5) is 18.9 Å². The van der Waals surface area contributed by atoms with Gasteiger partial charge in [-0.3, -0.25) is 0 Å². The molecule has 18 heavy (non-hydrogen) atoms. The standard InChI is InChI=1S/C12H9F3N2O/c13-12(14,15)9-3-1-2-4-10(9)18-11-6-5-8(16)7-17-11/h1-7H,16H2. The number of para-hydroxylation sites is 1. The van der Waals surface area contributed by atoms with E-state index in [1.807, 2.05) is 0 Å². The number of hydrogen-bond donors (Lipinski definition) is 1. The first-order valence-electron chi connectivity index (χ1n) is 5.02. The van der Waals surface area contributed by atoms with Crippen molar-refractivity contribution >= 4 is 5.69 Å². The number of nitrogen functional groups attached to an aromatic ring is 1. The fourth-order valence-electron chi connectivity index (χ4n) is 1.35. The van der Waals surface area contributed by atoms with Gasteiger partial charge >= 0.3 is 6.18 Å². The van der Waals surface area contributed by atoms with Gasteiger partial charge in [-0.2, -0.15) is 13.2 Å². The second-order valence-corrected chi connectivity index (χ2v) is 3.53. The highest BCUT2D eigenvalue weighted by Crippen LogP contribution is 2.37. The Morgan fingerprint density at radius 2 is 1.78 bits per heavy atom. The molecule has 0 aliphatic heterocycles. The van der Waals surface area contributed by atoms with Gasteiger partial charge in [0.1, 0.15) is 5.75 Å². The van der Waals surface area contributed by atoms with E-state index in [4.69, 9.17) is 10.5 Å². The minimum atomic E-state index is -4.47. The first-order valence-corrected chi connectivity index (χ1v) is 5.02. The molecule has 2 rings (SSSR count). The van der Waals surface area contributed by atoms with Gasteiger partial charge in [-0.15, -0.1) is 0 Å². The van der Waals surface area contributed by atoms with Crippen LogP contribution in [0.3, 0.4) is 0 Å². The average Bonchev–Trinajstić information content (AvgIpc) is 2.31. The summed E-state index contributed by atoms with van der Waals surface area (Å²) in [6, 6.07) is 7.85. The van der Waals surface area contributed by atoms with Gasteiger partial charge in [-0.1, -0.05) is 12.1 Å². The van der Waals surface area contributed by atoms with Gasteiger partial charge in [0.25, 0.3) is 0 Å². The summed E-state index contributed by atoms with van der Waals surface area (Å²) in [5.41, 5.74) is 4.99. The van der Waals surface area contributed by atoms with E-state index in [9.17, 15) is 13.2 Å². The molecule has 1 aromatic heterocycles. The van der Waals surface area contributed by atoms with Gasteiger partial charge in [0.15, 0.2) is 0 Å². The Morgan fingerprint density at radius 3 is 2.39 bits per heavy atom. The van der Waals surface area contributed by atoms with E-state index in [-0.39, 0.29) is 11.6 Å². The summed E-state index contributed by atoms with van der Waals surface area (Å²) in [7, 11) is 0. The van der Waals surface area contributed by atoms with Crippen molar-refractivity contribution in [3.8, 4) is 11.6 Å². The SMILES string of the molecule is Nc1ccc(Oc2ccccc2C(F)(F)F)nc1. The van der Waals surface area contributed by atoms with Gasteiger partial charge in [0.05, 0.1) is 17.4 Å². The van der Waals surface area contributed by atoms with Gasteiger partial charge < -0.3 is 10.5 Å². The molecule has 0 unspecified atom stereocenters. The number of ether oxygens (including phenoxy) is 1. The van der Waals surface area contributed by atoms with Crippen LogP contribution in [0.15, 0.2) is 42.6 Å². The Bertz CT molecular complexity index is 538. The molecular formula is C12H9F3N2O. The third-order valence-corrected chi connectivity index (χ3v) is 2.17. The molecule has 94 valence electrons. The molecule has 0 bridgehead atoms. The normalized spacial score (nSPS) is 11.3. The number of anilines is 1. The molecular weight excluding hydrogens is 245 g/mol. The summed E-state index contributed by atoms with van der Waals surface area (Å²) in [5.74, 6) is -0.233. The van der Waals surface area contributed by atoms with Crippen LogP contribution in [-0.4, -0.2) is 4.98 Å². The van der Waals surface area contributed by atoms with Gasteiger partial charge in [0.2, 0.25) is 5.88 Å². The van der Waals surface area contributed by atoms with Crippen LogP contribution in [0.1, 0.15) is 5.56 Å². The van der Waals surface area contributed by atoms with Crippen LogP contribution in [0.2, 0.25) is 0 Å². The number of alkyl halides is 3. The van der Waals surface area contributed by atoms with E-state index in [0.29, 0.717) is 5.69 Å². The summed E-state index contributed by atoms with van der Waals surface area (Å²) in [6.07, 6.45) is -3.16. The monoisotopic (exact) mass is 254 g/mol. The zero-order valence-corrected chi connectivity index (χ0v) is 9.11. The van der Waals surface area contributed by atoms with Crippen LogP contribution >= 0.6 is 0 Å². The number of pyridine rings is 1. The number of hydrogen-bond acceptors (Lipinski definition) is 3. The van der Waals surface area contributed by atoms with E-state index in [2.05, 4.69) is 4.98 Å². The van der Waals surface area contributed by atoms with Gasteiger partial charge in [-0.25, -0.2) is 4.98 Å². The number of benzene rings is 1. The molecule has 1 aromatic carbocycles. The van der Waals surface area contributed by atoms with Crippen molar-refractivity contribution < 1.29 is 17.9 Å². The molecule has 0 saturated heterocycles. The summed E-state index contributed by atoms with van der Waals surface area (Å²) in [4.78, 5) is 3.78. The molecule has 3 nitrogen and oxygen atoms in total. The van der Waals surface area contributed by atoms with Crippen molar-refractivity contribution in [2.75, 3.05) is 5.73 Å². The van der Waals surface area contributed by atoms with E-state index in [1.165, 1.54) is 36.5 Å². The molecule has 0 amide bonds. The van der Waals surface area contributed by atoms with Crippen LogP contribution in [0.5, 0.6) is 11.6 Å². The van der Waals surface area contributed by atoms with E-state index in [0.717, 1.165) is 6.07 Å². The van der Waals surface area contributed by atoms with Crippen molar-refractivity contribution in [2.24, 2.45) is 0 Å². The lowest BCUT2D eigenvalue weighted by Gasteiger charge is -2.12. The number of rotatable bonds is 2. The predicted octanol–water partition coefficient (Wildman–Crippen LogP) is 3.47. The minimum absolute atomic E-state index is 0.0564. The lowest BCUT2D eigenvalue weighted by atomic mass is 10.2. The van der Waals surface area contributed by atoms with Crippen LogP contribution in [0, 0.1) is 0 Å². The van der Waals surface area contributed by atoms with Gasteiger partial charge in [-0.05, 0) is 18.2 Å². The van der Waals surface area contributed by atoms with E-state index >= 15 is 0 Å². The molecule has 0 spiro atoms. The molecule has 2 N–H and O–H groups in total. The zero-order valence-electron chi connectivity index (χ0n) is 9.11. The topological polar surface area (TPSA) is 48.1 Å². The number of nitrogens with zero attached hydrogens (tertiary/aromatic N) is 1. The number of halogens is 3. The van der Waals surface area contributed by atoms with Crippen molar-refractivity contribution in [3.63, 3.8) is 0 Å². The number of nitrogens with two attached hydrogens (primary N) is 1. The third-order valence-electron chi connectivity index (χ3n) is 2.17. The summed E-state index contributed by atoms with van der Waals surface area (Å²) >= 11 is 0. The smallest absolute Gasteiger partial charge is 0.419 e. The Hall–Kier alpha value is -2.24. The van der Waals surface area contributed by atoms with Crippen molar-refractivity contribution in [2.45, 2.75) is 6.18 Å². The Balaban J connectivity index is 2.32. The lowest BCUT2D eigenvalue weighted by molar-refractivity contribution is -0.138. The Morgan fingerprint density at radius 1 is 1.06 bits per heavy atom. The lowest BCUT2D eigenvalue weighted by Crippen LogP contribution is -2.07. The molecule has 0 aliphatic carbocycles. The molecule has 0 atom stereocenters. The third kappa shape index (κ3) is 2.71. The van der Waals surface area contributed by atoms with Crippen molar-refractivity contribution in [1.29, 1.82) is 0 Å². The van der Waals surface area contributed by atoms with E-state index in [1.54, 1.807) is 0 Å². The molecule has 6 heteroatoms. The number of aromatic nitrogens is 1. The predicted molar refractivity (Wildman–Crippen MR) is 60.2 cm³/mol. The fourth-order valence-corrected chi connectivity index (χ4v) is 1.35. The summed E-state index contributed by atoms with van der Waals surface area (Å²) in [6.45, 7) is 0. The van der Waals surface area contributed by atoms with Gasteiger partial charge in [0, 0.05) is 6.07 Å². The molecule has 0 aliphatic rings. The average molecular weight is 254 g/mol. The minimum Gasteiger partial charge on any atom is -0.438 e. The Kier molecular flexibility index (Phi) is 3.10. The highest BCUT2D eigenvalue weighted by molar-refractivity contribution is 5.40. The molecule has 0 fully saturated rings. The molecule has 1 heterocycles. The highest BCUT2D eigenvalue weighted by Gasteiger charge is 2.34. The summed E-state index contributed by atoms with van der Waals surface area (Å²) < 4.78 is 43.2. The first kappa shape index (κ1) is 12.2. The van der Waals surface area contributed by atoms with Crippen molar-refractivity contribution in [3.05, 3.63) is 48.2 Å². The highest BCUT2D eigenvalue weighted by atomic mass is 19.4. The van der Waals surface area contributed by atoms with Crippen LogP contribution < -0.4 is 10.5 Å². The molecule has 0 radical (unpaired) electrons. The maximum atomic E-state index is 12.7. The second kappa shape index (κ2) is 4.56. The van der Waals surface area contributed by atoms with E-state index < -0.39 is 11.7 Å². The fraction of sp³-hybridized carbons (Fsp3) is 0.0833. The maximum absolute atomic E-state index is 12.7. The summed E-state index contributed by atoms with van der Waals surface area (Å²) in [5, 5.41) is 0. The Labute approximate surface area is 101 Å². The first-order chi connectivity index (χ1) is 8.47. The quantitative estimate of drug-likeness (QED) is 0.892. The largest absolute Gasteiger partial charge is 0.438 e. The van der Waals surface area contributed by atoms with Crippen LogP contribution in [-0.2, 0) is 6.18 Å². The second-order valence-electron chi connectivity index (χ2n) is 3.53.